The molecule has 0 spiro atoms. The van der Waals surface area contributed by atoms with Crippen LogP contribution in [0.3, 0.4) is 0 Å². The maximum Gasteiger partial charge on any atom is 0.228 e. The van der Waals surface area contributed by atoms with E-state index >= 15 is 0 Å². The van der Waals surface area contributed by atoms with Crippen molar-refractivity contribution in [1.82, 2.24) is 18.1 Å². The number of furan rings is 1. The van der Waals surface area contributed by atoms with Crippen molar-refractivity contribution in [2.75, 3.05) is 36.4 Å². The summed E-state index contributed by atoms with van der Waals surface area (Å²) in [4.78, 5) is 15.9. The van der Waals surface area contributed by atoms with Crippen LogP contribution in [0, 0.1) is 0 Å². The zero-order chi connectivity index (χ0) is 16.4. The van der Waals surface area contributed by atoms with Gasteiger partial charge in [0, 0.05) is 60.6 Å². The Hall–Kier alpha value is -1.94. The molecule has 24 heavy (non-hydrogen) atoms. The second-order valence-corrected chi connectivity index (χ2v) is 6.96. The molecule has 8 heteroatoms. The Morgan fingerprint density at radius 3 is 2.83 bits per heavy atom. The molecule has 0 atom stereocenters. The second-order valence-electron chi connectivity index (χ2n) is 5.59. The first kappa shape index (κ1) is 15.6. The highest BCUT2D eigenvalue weighted by atomic mass is 127. The first-order valence-corrected chi connectivity index (χ1v) is 8.80. The van der Waals surface area contributed by atoms with Crippen LogP contribution in [0.15, 0.2) is 41.3 Å². The van der Waals surface area contributed by atoms with Gasteiger partial charge in [-0.05, 0) is 18.2 Å². The number of aromatic nitrogens is 3. The van der Waals surface area contributed by atoms with E-state index in [2.05, 4.69) is 41.2 Å². The van der Waals surface area contributed by atoms with Crippen LogP contribution in [0.1, 0.15) is 5.76 Å². The summed E-state index contributed by atoms with van der Waals surface area (Å²) < 4.78 is 7.68. The molecule has 0 aromatic carbocycles. The maximum atomic E-state index is 5.39. The van der Waals surface area contributed by atoms with E-state index in [0.29, 0.717) is 6.54 Å². The van der Waals surface area contributed by atoms with E-state index in [-0.39, 0.29) is 0 Å². The van der Waals surface area contributed by atoms with Gasteiger partial charge in [0.05, 0.1) is 24.5 Å². The lowest BCUT2D eigenvalue weighted by Gasteiger charge is -2.31. The van der Waals surface area contributed by atoms with Crippen LogP contribution in [-0.2, 0) is 6.54 Å². The summed E-state index contributed by atoms with van der Waals surface area (Å²) in [5, 5.41) is 4.33. The number of halogens is 1. The lowest BCUT2D eigenvalue weighted by molar-refractivity contribution is 0.456. The van der Waals surface area contributed by atoms with Crippen LogP contribution in [-0.4, -0.2) is 44.2 Å². The summed E-state index contributed by atoms with van der Waals surface area (Å²) >= 11 is 2.36. The minimum atomic E-state index is 0.586. The van der Waals surface area contributed by atoms with Crippen molar-refractivity contribution in [2.45, 2.75) is 6.54 Å². The normalized spacial score (nSPS) is 15.8. The average molecular weight is 436 g/mol. The predicted octanol–water partition coefficient (Wildman–Crippen LogP) is 2.70. The smallest absolute Gasteiger partial charge is 0.228 e. The number of hydrogen-bond donors (Lipinski definition) is 1. The van der Waals surface area contributed by atoms with Crippen molar-refractivity contribution in [3.63, 3.8) is 0 Å². The van der Waals surface area contributed by atoms with Gasteiger partial charge >= 0.3 is 0 Å². The molecule has 4 rings (SSSR count). The Morgan fingerprint density at radius 2 is 2.04 bits per heavy atom. The monoisotopic (exact) mass is 436 g/mol. The lowest BCUT2D eigenvalue weighted by Crippen LogP contribution is -2.43. The molecule has 1 N–H and O–H groups in total. The quantitative estimate of drug-likeness (QED) is 0.498. The number of hydrogen-bond acceptors (Lipinski definition) is 7. The van der Waals surface area contributed by atoms with Gasteiger partial charge < -0.3 is 14.6 Å². The molecule has 1 fully saturated rings. The van der Waals surface area contributed by atoms with Crippen molar-refractivity contribution in [1.29, 1.82) is 0 Å². The summed E-state index contributed by atoms with van der Waals surface area (Å²) in [6.45, 7) is 4.44. The number of rotatable bonds is 4. The van der Waals surface area contributed by atoms with Gasteiger partial charge in [0.15, 0.2) is 0 Å². The molecule has 1 aliphatic heterocycles. The van der Waals surface area contributed by atoms with Gasteiger partial charge in [-0.15, -0.1) is 0 Å². The minimum absolute atomic E-state index is 0.586. The molecule has 3 aromatic heterocycles. The summed E-state index contributed by atoms with van der Waals surface area (Å²) in [6, 6.07) is 5.76. The average Bonchev–Trinajstić information content (AvgIpc) is 3.13. The van der Waals surface area contributed by atoms with Crippen LogP contribution < -0.4 is 10.2 Å². The van der Waals surface area contributed by atoms with E-state index in [9.17, 15) is 0 Å². The highest BCUT2D eigenvalue weighted by Crippen LogP contribution is 2.24. The number of pyridine rings is 1. The van der Waals surface area contributed by atoms with E-state index in [0.717, 1.165) is 54.6 Å². The summed E-state index contributed by atoms with van der Waals surface area (Å²) in [6.07, 6.45) is 5.22. The van der Waals surface area contributed by atoms with Crippen molar-refractivity contribution < 1.29 is 4.42 Å². The second kappa shape index (κ2) is 6.89. The Kier molecular flexibility index (Phi) is 4.48. The molecule has 1 saturated heterocycles. The van der Waals surface area contributed by atoms with Gasteiger partial charge in [0.2, 0.25) is 5.95 Å². The fraction of sp³-hybridized carbons (Fsp3) is 0.312. The molecule has 0 saturated carbocycles. The van der Waals surface area contributed by atoms with Gasteiger partial charge in [-0.3, -0.25) is 4.98 Å². The highest BCUT2D eigenvalue weighted by molar-refractivity contribution is 14.1. The fourth-order valence-electron chi connectivity index (χ4n) is 2.71. The molecule has 1 aliphatic rings. The van der Waals surface area contributed by atoms with Crippen LogP contribution >= 0.6 is 22.9 Å². The molecule has 3 aromatic rings. The summed E-state index contributed by atoms with van der Waals surface area (Å²) in [5.41, 5.74) is 0.848. The molecule has 0 aliphatic carbocycles. The Balaban J connectivity index is 1.65. The van der Waals surface area contributed by atoms with Crippen molar-refractivity contribution in [3.05, 3.63) is 42.6 Å². The van der Waals surface area contributed by atoms with E-state index < -0.39 is 0 Å². The third-order valence-electron chi connectivity index (χ3n) is 4.01. The van der Waals surface area contributed by atoms with Gasteiger partial charge in [0.25, 0.3) is 0 Å². The number of anilines is 2. The maximum absolute atomic E-state index is 5.39. The Bertz CT molecular complexity index is 817. The molecular weight excluding hydrogens is 419 g/mol. The van der Waals surface area contributed by atoms with E-state index in [1.165, 1.54) is 0 Å². The van der Waals surface area contributed by atoms with E-state index in [1.807, 2.05) is 18.2 Å². The van der Waals surface area contributed by atoms with E-state index in [1.54, 1.807) is 18.7 Å². The largest absolute Gasteiger partial charge is 0.467 e. The third-order valence-corrected chi connectivity index (χ3v) is 4.97. The number of nitrogens with zero attached hydrogens (tertiary/aromatic N) is 5. The first-order valence-electron chi connectivity index (χ1n) is 7.83. The van der Waals surface area contributed by atoms with Crippen LogP contribution in [0.5, 0.6) is 0 Å². The first-order chi connectivity index (χ1) is 11.8. The lowest BCUT2D eigenvalue weighted by atomic mass is 10.3. The SMILES string of the molecule is IN1CCN(c2nc(NCc3ccco3)c3ccncc3n2)CC1. The van der Waals surface area contributed by atoms with Crippen molar-refractivity contribution in [3.8, 4) is 0 Å². The summed E-state index contributed by atoms with van der Waals surface area (Å²) in [7, 11) is 0. The molecule has 0 unspecified atom stereocenters. The van der Waals surface area contributed by atoms with Gasteiger partial charge in [-0.1, -0.05) is 0 Å². The molecule has 7 nitrogen and oxygen atoms in total. The number of fused-ring (bicyclic) bond motifs is 1. The van der Waals surface area contributed by atoms with Gasteiger partial charge in [0.1, 0.15) is 11.6 Å². The molecule has 0 amide bonds. The van der Waals surface area contributed by atoms with Crippen molar-refractivity contribution in [2.24, 2.45) is 0 Å². The zero-order valence-electron chi connectivity index (χ0n) is 13.0. The number of nitrogens with one attached hydrogen (secondary N) is 1. The standard InChI is InChI=1S/C16H17IN6O/c17-23-7-5-22(6-8-23)16-20-14-11-18-4-3-13(14)15(21-16)19-10-12-2-1-9-24-12/h1-4,9,11H,5-8,10H2,(H,19,20,21). The highest BCUT2D eigenvalue weighted by Gasteiger charge is 2.19. The topological polar surface area (TPSA) is 70.3 Å². The third kappa shape index (κ3) is 3.29. The van der Waals surface area contributed by atoms with Crippen LogP contribution in [0.2, 0.25) is 0 Å². The molecule has 0 bridgehead atoms. The Morgan fingerprint density at radius 1 is 1.17 bits per heavy atom. The Labute approximate surface area is 153 Å². The molecule has 0 radical (unpaired) electrons. The predicted molar refractivity (Wildman–Crippen MR) is 101 cm³/mol. The van der Waals surface area contributed by atoms with Crippen LogP contribution in [0.25, 0.3) is 10.9 Å². The number of piperazine rings is 1. The molecular formula is C16H17IN6O. The minimum Gasteiger partial charge on any atom is -0.467 e. The zero-order valence-corrected chi connectivity index (χ0v) is 15.2. The van der Waals surface area contributed by atoms with Gasteiger partial charge in [-0.2, -0.15) is 4.98 Å². The molecule has 124 valence electrons. The van der Waals surface area contributed by atoms with E-state index in [4.69, 9.17) is 14.4 Å². The van der Waals surface area contributed by atoms with Crippen molar-refractivity contribution >= 4 is 45.5 Å². The summed E-state index contributed by atoms with van der Waals surface area (Å²) in [5.74, 6) is 2.43. The fourth-order valence-corrected chi connectivity index (χ4v) is 3.14. The van der Waals surface area contributed by atoms with Crippen LogP contribution in [0.4, 0.5) is 11.8 Å². The van der Waals surface area contributed by atoms with Gasteiger partial charge in [-0.25, -0.2) is 8.10 Å². The molecule has 4 heterocycles.